The number of nitrogens with zero attached hydrogens (tertiary/aromatic N) is 1. The summed E-state index contributed by atoms with van der Waals surface area (Å²) in [5.41, 5.74) is 1.08. The van der Waals surface area contributed by atoms with Crippen LogP contribution in [0.1, 0.15) is 31.9 Å². The molecule has 1 fully saturated rings. The Hall–Kier alpha value is -0.480. The summed E-state index contributed by atoms with van der Waals surface area (Å²) in [4.78, 5) is 2.49. The lowest BCUT2D eigenvalue weighted by atomic mass is 9.94. The van der Waals surface area contributed by atoms with Gasteiger partial charge in [0, 0.05) is 37.8 Å². The Kier molecular flexibility index (Phi) is 9.23. The molecule has 0 unspecified atom stereocenters. The highest BCUT2D eigenvalue weighted by molar-refractivity contribution is 5.85. The Balaban J connectivity index is 0.00000180. The van der Waals surface area contributed by atoms with E-state index < -0.39 is 0 Å². The van der Waals surface area contributed by atoms with Gasteiger partial charge in [0.15, 0.2) is 0 Å². The number of aromatic hydroxyl groups is 1. The number of hydrogen-bond donors (Lipinski definition) is 2. The smallest absolute Gasteiger partial charge is 0.120 e. The minimum atomic E-state index is 0. The molecule has 0 aromatic heterocycles. The standard InChI is InChI=1S/C15H24N2O.2ClH/c1-12(2)11-14(17-9-7-16-8-10-17)13-5-3-4-6-15(13)18;;/h3-6,12,14,16,18H,7-11H2,1-2H3;2*1H/t14-;;/m0../s1. The second-order valence-corrected chi connectivity index (χ2v) is 5.49. The van der Waals surface area contributed by atoms with Crippen LogP contribution < -0.4 is 5.32 Å². The van der Waals surface area contributed by atoms with Gasteiger partial charge in [-0.2, -0.15) is 0 Å². The molecule has 1 heterocycles. The van der Waals surface area contributed by atoms with Gasteiger partial charge >= 0.3 is 0 Å². The highest BCUT2D eigenvalue weighted by atomic mass is 35.5. The average molecular weight is 321 g/mol. The highest BCUT2D eigenvalue weighted by Crippen LogP contribution is 2.33. The number of hydrogen-bond acceptors (Lipinski definition) is 3. The fraction of sp³-hybridized carbons (Fsp3) is 0.600. The molecule has 0 amide bonds. The van der Waals surface area contributed by atoms with Gasteiger partial charge in [-0.1, -0.05) is 32.0 Å². The Labute approximate surface area is 134 Å². The summed E-state index contributed by atoms with van der Waals surface area (Å²) in [7, 11) is 0. The fourth-order valence-corrected chi connectivity index (χ4v) is 2.68. The fourth-order valence-electron chi connectivity index (χ4n) is 2.68. The monoisotopic (exact) mass is 320 g/mol. The van der Waals surface area contributed by atoms with Crippen molar-refractivity contribution in [3.8, 4) is 5.75 Å². The number of phenols is 1. The lowest BCUT2D eigenvalue weighted by Crippen LogP contribution is -2.45. The van der Waals surface area contributed by atoms with Crippen LogP contribution in [0.15, 0.2) is 24.3 Å². The second-order valence-electron chi connectivity index (χ2n) is 5.49. The van der Waals surface area contributed by atoms with Crippen molar-refractivity contribution >= 4 is 24.8 Å². The third-order valence-corrected chi connectivity index (χ3v) is 3.58. The summed E-state index contributed by atoms with van der Waals surface area (Å²) in [5.74, 6) is 1.06. The van der Waals surface area contributed by atoms with Gasteiger partial charge in [-0.05, 0) is 18.4 Å². The van der Waals surface area contributed by atoms with Crippen molar-refractivity contribution in [2.75, 3.05) is 26.2 Å². The average Bonchev–Trinajstić information content (AvgIpc) is 2.38. The van der Waals surface area contributed by atoms with Gasteiger partial charge in [-0.25, -0.2) is 0 Å². The van der Waals surface area contributed by atoms with E-state index in [4.69, 9.17) is 0 Å². The van der Waals surface area contributed by atoms with Crippen molar-refractivity contribution in [3.63, 3.8) is 0 Å². The van der Waals surface area contributed by atoms with E-state index in [0.717, 1.165) is 38.2 Å². The molecule has 0 saturated carbocycles. The van der Waals surface area contributed by atoms with Crippen molar-refractivity contribution in [2.24, 2.45) is 5.92 Å². The molecule has 0 aliphatic carbocycles. The predicted octanol–water partition coefficient (Wildman–Crippen LogP) is 3.23. The molecule has 5 heteroatoms. The molecule has 0 radical (unpaired) electrons. The first kappa shape index (κ1) is 19.5. The number of halogens is 2. The quantitative estimate of drug-likeness (QED) is 0.894. The van der Waals surface area contributed by atoms with E-state index in [1.807, 2.05) is 12.1 Å². The van der Waals surface area contributed by atoms with E-state index in [0.29, 0.717) is 17.7 Å². The van der Waals surface area contributed by atoms with Crippen LogP contribution in [0.4, 0.5) is 0 Å². The van der Waals surface area contributed by atoms with Crippen molar-refractivity contribution in [3.05, 3.63) is 29.8 Å². The molecule has 1 aliphatic heterocycles. The highest BCUT2D eigenvalue weighted by Gasteiger charge is 2.24. The van der Waals surface area contributed by atoms with Crippen LogP contribution >= 0.6 is 24.8 Å². The molecule has 0 bridgehead atoms. The molecule has 2 rings (SSSR count). The van der Waals surface area contributed by atoms with Gasteiger partial charge in [0.2, 0.25) is 0 Å². The molecule has 1 aromatic carbocycles. The van der Waals surface area contributed by atoms with E-state index >= 15 is 0 Å². The SMILES string of the molecule is CC(C)C[C@@H](c1ccccc1O)N1CCNCC1.Cl.Cl. The van der Waals surface area contributed by atoms with Gasteiger partial charge < -0.3 is 10.4 Å². The van der Waals surface area contributed by atoms with Crippen LogP contribution in [0.2, 0.25) is 0 Å². The van der Waals surface area contributed by atoms with Crippen LogP contribution in [0, 0.1) is 5.92 Å². The number of para-hydroxylation sites is 1. The number of nitrogens with one attached hydrogen (secondary N) is 1. The molecule has 1 saturated heterocycles. The molecule has 116 valence electrons. The molecule has 1 aliphatic rings. The first-order valence-electron chi connectivity index (χ1n) is 6.91. The Morgan fingerprint density at radius 2 is 1.75 bits per heavy atom. The minimum absolute atomic E-state index is 0. The van der Waals surface area contributed by atoms with Gasteiger partial charge in [-0.15, -0.1) is 24.8 Å². The number of piperazine rings is 1. The molecule has 2 N–H and O–H groups in total. The zero-order valence-electron chi connectivity index (χ0n) is 12.2. The van der Waals surface area contributed by atoms with E-state index in [-0.39, 0.29) is 24.8 Å². The lowest BCUT2D eigenvalue weighted by molar-refractivity contribution is 0.151. The summed E-state index contributed by atoms with van der Waals surface area (Å²) >= 11 is 0. The van der Waals surface area contributed by atoms with Crippen molar-refractivity contribution in [1.82, 2.24) is 10.2 Å². The van der Waals surface area contributed by atoms with E-state index in [2.05, 4.69) is 30.1 Å². The van der Waals surface area contributed by atoms with Crippen molar-refractivity contribution in [2.45, 2.75) is 26.3 Å². The summed E-state index contributed by atoms with van der Waals surface area (Å²) in [6.07, 6.45) is 1.09. The third kappa shape index (κ3) is 5.13. The van der Waals surface area contributed by atoms with E-state index in [9.17, 15) is 5.11 Å². The van der Waals surface area contributed by atoms with E-state index in [1.54, 1.807) is 6.07 Å². The van der Waals surface area contributed by atoms with Crippen LogP contribution in [0.3, 0.4) is 0 Å². The third-order valence-electron chi connectivity index (χ3n) is 3.58. The number of phenolic OH excluding ortho intramolecular Hbond substituents is 1. The summed E-state index contributed by atoms with van der Waals surface area (Å²) < 4.78 is 0. The Bertz CT molecular complexity index is 382. The van der Waals surface area contributed by atoms with Crippen LogP contribution in [-0.4, -0.2) is 36.2 Å². The van der Waals surface area contributed by atoms with Gasteiger partial charge in [0.25, 0.3) is 0 Å². The molecular formula is C15H26Cl2N2O. The first-order chi connectivity index (χ1) is 8.68. The summed E-state index contributed by atoms with van der Waals surface area (Å²) in [5, 5.41) is 13.5. The van der Waals surface area contributed by atoms with Crippen LogP contribution in [-0.2, 0) is 0 Å². The topological polar surface area (TPSA) is 35.5 Å². The maximum atomic E-state index is 10.1. The zero-order valence-corrected chi connectivity index (χ0v) is 13.8. The number of rotatable bonds is 4. The Morgan fingerprint density at radius 1 is 1.15 bits per heavy atom. The van der Waals surface area contributed by atoms with E-state index in [1.165, 1.54) is 0 Å². The Morgan fingerprint density at radius 3 is 2.30 bits per heavy atom. The molecule has 1 aromatic rings. The predicted molar refractivity (Wildman–Crippen MR) is 89.2 cm³/mol. The molecular weight excluding hydrogens is 295 g/mol. The lowest BCUT2D eigenvalue weighted by Gasteiger charge is -2.36. The second kappa shape index (κ2) is 9.46. The maximum Gasteiger partial charge on any atom is 0.120 e. The minimum Gasteiger partial charge on any atom is -0.508 e. The van der Waals surface area contributed by atoms with Crippen molar-refractivity contribution in [1.29, 1.82) is 0 Å². The van der Waals surface area contributed by atoms with Crippen LogP contribution in [0.5, 0.6) is 5.75 Å². The van der Waals surface area contributed by atoms with Crippen molar-refractivity contribution < 1.29 is 5.11 Å². The number of benzene rings is 1. The van der Waals surface area contributed by atoms with Gasteiger partial charge in [0.05, 0.1) is 0 Å². The van der Waals surface area contributed by atoms with Gasteiger partial charge in [-0.3, -0.25) is 4.90 Å². The molecule has 3 nitrogen and oxygen atoms in total. The normalized spacial score (nSPS) is 17.1. The maximum absolute atomic E-state index is 10.1. The zero-order chi connectivity index (χ0) is 13.0. The molecule has 1 atom stereocenters. The molecule has 20 heavy (non-hydrogen) atoms. The van der Waals surface area contributed by atoms with Crippen LogP contribution in [0.25, 0.3) is 0 Å². The summed E-state index contributed by atoms with van der Waals surface area (Å²) in [6, 6.07) is 8.11. The largest absolute Gasteiger partial charge is 0.508 e. The molecule has 0 spiro atoms. The summed E-state index contributed by atoms with van der Waals surface area (Å²) in [6.45, 7) is 8.70. The first-order valence-corrected chi connectivity index (χ1v) is 6.91. The van der Waals surface area contributed by atoms with Gasteiger partial charge in [0.1, 0.15) is 5.75 Å².